The molecule has 17 heavy (non-hydrogen) atoms. The van der Waals surface area contributed by atoms with Crippen molar-refractivity contribution in [3.63, 3.8) is 0 Å². The van der Waals surface area contributed by atoms with Crippen LogP contribution in [0.1, 0.15) is 18.4 Å². The van der Waals surface area contributed by atoms with Gasteiger partial charge in [0.05, 0.1) is 5.92 Å². The SMILES string of the molecule is CC(C(=O)O)c1ccc(-c2nccs2)c(F)c1. The van der Waals surface area contributed by atoms with Gasteiger partial charge in [0.2, 0.25) is 0 Å². The highest BCUT2D eigenvalue weighted by molar-refractivity contribution is 7.13. The molecule has 1 atom stereocenters. The zero-order valence-electron chi connectivity index (χ0n) is 9.05. The Labute approximate surface area is 102 Å². The van der Waals surface area contributed by atoms with Crippen molar-refractivity contribution in [3.05, 3.63) is 41.2 Å². The molecule has 0 bridgehead atoms. The molecule has 1 aromatic heterocycles. The Kier molecular flexibility index (Phi) is 3.19. The zero-order chi connectivity index (χ0) is 12.4. The Morgan fingerprint density at radius 2 is 2.29 bits per heavy atom. The summed E-state index contributed by atoms with van der Waals surface area (Å²) in [4.78, 5) is 14.8. The molecule has 88 valence electrons. The first kappa shape index (κ1) is 11.7. The van der Waals surface area contributed by atoms with Crippen LogP contribution < -0.4 is 0 Å². The van der Waals surface area contributed by atoms with Crippen molar-refractivity contribution < 1.29 is 14.3 Å². The third-order valence-corrected chi connectivity index (χ3v) is 3.33. The van der Waals surface area contributed by atoms with Crippen LogP contribution in [-0.4, -0.2) is 16.1 Å². The number of hydrogen-bond donors (Lipinski definition) is 1. The van der Waals surface area contributed by atoms with Gasteiger partial charge in [-0.05, 0) is 24.6 Å². The fourth-order valence-corrected chi connectivity index (χ4v) is 2.14. The van der Waals surface area contributed by atoms with Crippen LogP contribution in [0.5, 0.6) is 0 Å². The number of carbonyl (C=O) groups is 1. The van der Waals surface area contributed by atoms with Crippen LogP contribution in [0, 0.1) is 5.82 Å². The maximum atomic E-state index is 13.8. The van der Waals surface area contributed by atoms with Crippen molar-refractivity contribution in [1.29, 1.82) is 0 Å². The number of nitrogens with zero attached hydrogens (tertiary/aromatic N) is 1. The Morgan fingerprint density at radius 3 is 2.82 bits per heavy atom. The molecule has 0 fully saturated rings. The average molecular weight is 251 g/mol. The molecule has 1 aromatic carbocycles. The molecule has 5 heteroatoms. The molecule has 1 unspecified atom stereocenters. The molecule has 0 aliphatic rings. The lowest BCUT2D eigenvalue weighted by Crippen LogP contribution is -2.07. The van der Waals surface area contributed by atoms with Crippen LogP contribution in [-0.2, 0) is 4.79 Å². The number of benzene rings is 1. The summed E-state index contributed by atoms with van der Waals surface area (Å²) in [7, 11) is 0. The highest BCUT2D eigenvalue weighted by Crippen LogP contribution is 2.27. The maximum absolute atomic E-state index is 13.8. The molecular formula is C12H10FNO2S. The lowest BCUT2D eigenvalue weighted by Gasteiger charge is -2.08. The molecular weight excluding hydrogens is 241 g/mol. The van der Waals surface area contributed by atoms with E-state index < -0.39 is 17.7 Å². The van der Waals surface area contributed by atoms with Crippen LogP contribution in [0.15, 0.2) is 29.8 Å². The highest BCUT2D eigenvalue weighted by Gasteiger charge is 2.16. The number of aliphatic carboxylic acids is 1. The molecule has 0 saturated carbocycles. The van der Waals surface area contributed by atoms with Gasteiger partial charge >= 0.3 is 5.97 Å². The van der Waals surface area contributed by atoms with Crippen LogP contribution in [0.2, 0.25) is 0 Å². The smallest absolute Gasteiger partial charge is 0.310 e. The van der Waals surface area contributed by atoms with E-state index in [1.165, 1.54) is 24.3 Å². The second-order valence-electron chi connectivity index (χ2n) is 3.64. The van der Waals surface area contributed by atoms with Crippen LogP contribution >= 0.6 is 11.3 Å². The second kappa shape index (κ2) is 4.63. The summed E-state index contributed by atoms with van der Waals surface area (Å²) in [6, 6.07) is 4.46. The maximum Gasteiger partial charge on any atom is 0.310 e. The van der Waals surface area contributed by atoms with Gasteiger partial charge in [0.1, 0.15) is 10.8 Å². The van der Waals surface area contributed by atoms with E-state index in [-0.39, 0.29) is 0 Å². The molecule has 1 N–H and O–H groups in total. The quantitative estimate of drug-likeness (QED) is 0.911. The van der Waals surface area contributed by atoms with Gasteiger partial charge in [-0.3, -0.25) is 4.79 Å². The summed E-state index contributed by atoms with van der Waals surface area (Å²) in [6.45, 7) is 1.53. The van der Waals surface area contributed by atoms with Gasteiger partial charge in [0.15, 0.2) is 0 Å². The minimum absolute atomic E-state index is 0.404. The van der Waals surface area contributed by atoms with Crippen LogP contribution in [0.25, 0.3) is 10.6 Å². The largest absolute Gasteiger partial charge is 0.481 e. The highest BCUT2D eigenvalue weighted by atomic mass is 32.1. The predicted molar refractivity (Wildman–Crippen MR) is 63.6 cm³/mol. The summed E-state index contributed by atoms with van der Waals surface area (Å²) in [5.74, 6) is -2.12. The Hall–Kier alpha value is -1.75. The number of carboxylic acid groups (broad SMARTS) is 1. The first-order valence-electron chi connectivity index (χ1n) is 5.01. The summed E-state index contributed by atoms with van der Waals surface area (Å²) in [5, 5.41) is 11.2. The van der Waals surface area contributed by atoms with E-state index in [1.54, 1.807) is 23.7 Å². The molecule has 0 aliphatic carbocycles. The Bertz CT molecular complexity index is 539. The lowest BCUT2D eigenvalue weighted by atomic mass is 10.00. The van der Waals surface area contributed by atoms with Crippen molar-refractivity contribution >= 4 is 17.3 Å². The molecule has 1 heterocycles. The summed E-state index contributed by atoms with van der Waals surface area (Å²) in [5.41, 5.74) is 0.858. The predicted octanol–water partition coefficient (Wildman–Crippen LogP) is 3.14. The molecule has 0 radical (unpaired) electrons. The molecule has 0 aliphatic heterocycles. The topological polar surface area (TPSA) is 50.2 Å². The number of carboxylic acids is 1. The van der Waals surface area contributed by atoms with Gasteiger partial charge in [-0.2, -0.15) is 0 Å². The van der Waals surface area contributed by atoms with Crippen molar-refractivity contribution in [2.24, 2.45) is 0 Å². The van der Waals surface area contributed by atoms with E-state index in [0.29, 0.717) is 16.1 Å². The fourth-order valence-electron chi connectivity index (χ4n) is 1.47. The normalized spacial score (nSPS) is 12.4. The van der Waals surface area contributed by atoms with E-state index in [2.05, 4.69) is 4.98 Å². The third kappa shape index (κ3) is 2.34. The van der Waals surface area contributed by atoms with Gasteiger partial charge in [-0.15, -0.1) is 11.3 Å². The Morgan fingerprint density at radius 1 is 1.53 bits per heavy atom. The minimum atomic E-state index is -0.966. The summed E-state index contributed by atoms with van der Waals surface area (Å²) < 4.78 is 13.8. The summed E-state index contributed by atoms with van der Waals surface area (Å²) in [6.07, 6.45) is 1.60. The van der Waals surface area contributed by atoms with E-state index >= 15 is 0 Å². The number of thiazole rings is 1. The molecule has 0 amide bonds. The van der Waals surface area contributed by atoms with Gasteiger partial charge in [-0.25, -0.2) is 9.37 Å². The van der Waals surface area contributed by atoms with Gasteiger partial charge in [-0.1, -0.05) is 6.07 Å². The van der Waals surface area contributed by atoms with E-state index in [0.717, 1.165) is 0 Å². The third-order valence-electron chi connectivity index (χ3n) is 2.53. The number of aromatic nitrogens is 1. The minimum Gasteiger partial charge on any atom is -0.481 e. The van der Waals surface area contributed by atoms with Crippen LogP contribution in [0.3, 0.4) is 0 Å². The first-order valence-corrected chi connectivity index (χ1v) is 5.89. The van der Waals surface area contributed by atoms with E-state index in [9.17, 15) is 9.18 Å². The van der Waals surface area contributed by atoms with Gasteiger partial charge in [0, 0.05) is 17.1 Å². The second-order valence-corrected chi connectivity index (χ2v) is 4.53. The van der Waals surface area contributed by atoms with Gasteiger partial charge in [0.25, 0.3) is 0 Å². The summed E-state index contributed by atoms with van der Waals surface area (Å²) >= 11 is 1.34. The number of halogens is 1. The lowest BCUT2D eigenvalue weighted by molar-refractivity contribution is -0.138. The first-order chi connectivity index (χ1) is 8.09. The van der Waals surface area contributed by atoms with E-state index in [4.69, 9.17) is 5.11 Å². The van der Waals surface area contributed by atoms with Crippen LogP contribution in [0.4, 0.5) is 4.39 Å². The van der Waals surface area contributed by atoms with E-state index in [1.807, 2.05) is 0 Å². The molecule has 2 aromatic rings. The van der Waals surface area contributed by atoms with Crippen molar-refractivity contribution in [3.8, 4) is 10.6 Å². The molecule has 2 rings (SSSR count). The van der Waals surface area contributed by atoms with Crippen molar-refractivity contribution in [2.45, 2.75) is 12.8 Å². The number of rotatable bonds is 3. The molecule has 0 saturated heterocycles. The average Bonchev–Trinajstić information content (AvgIpc) is 2.81. The molecule has 0 spiro atoms. The standard InChI is InChI=1S/C12H10FNO2S/c1-7(12(15)16)8-2-3-9(10(13)6-8)11-14-4-5-17-11/h2-7H,1H3,(H,15,16). The Balaban J connectivity index is 2.39. The monoisotopic (exact) mass is 251 g/mol. The number of hydrogen-bond acceptors (Lipinski definition) is 3. The molecule has 3 nitrogen and oxygen atoms in total. The fraction of sp³-hybridized carbons (Fsp3) is 0.167. The van der Waals surface area contributed by atoms with Gasteiger partial charge < -0.3 is 5.11 Å². The van der Waals surface area contributed by atoms with Crippen molar-refractivity contribution in [1.82, 2.24) is 4.98 Å². The zero-order valence-corrected chi connectivity index (χ0v) is 9.87. The van der Waals surface area contributed by atoms with Crippen molar-refractivity contribution in [2.75, 3.05) is 0 Å².